The quantitative estimate of drug-likeness (QED) is 0.269. The normalized spacial score (nSPS) is 17.6. The van der Waals surface area contributed by atoms with Crippen molar-refractivity contribution < 1.29 is 14.3 Å². The summed E-state index contributed by atoms with van der Waals surface area (Å²) in [4.78, 5) is 36.8. The Kier molecular flexibility index (Phi) is 6.38. The zero-order valence-electron chi connectivity index (χ0n) is 18.8. The highest BCUT2D eigenvalue weighted by Gasteiger charge is 2.30. The first kappa shape index (κ1) is 22.3. The summed E-state index contributed by atoms with van der Waals surface area (Å²) in [7, 11) is 0. The molecule has 172 valence electrons. The third kappa shape index (κ3) is 4.92. The van der Waals surface area contributed by atoms with Crippen LogP contribution in [0.25, 0.3) is 10.2 Å². The molecule has 0 aliphatic heterocycles. The van der Waals surface area contributed by atoms with E-state index in [0.717, 1.165) is 41.4 Å². The Morgan fingerprint density at radius 2 is 1.97 bits per heavy atom. The van der Waals surface area contributed by atoms with E-state index >= 15 is 0 Å². The molecule has 1 saturated carbocycles. The number of aromatic nitrogens is 2. The number of hydrogen-bond donors (Lipinski definition) is 1. The molecule has 1 fully saturated rings. The average Bonchev–Trinajstić information content (AvgIpc) is 3.59. The van der Waals surface area contributed by atoms with Gasteiger partial charge in [-0.15, -0.1) is 11.3 Å². The van der Waals surface area contributed by atoms with Crippen LogP contribution in [-0.4, -0.2) is 34.2 Å². The van der Waals surface area contributed by atoms with Crippen LogP contribution in [0.15, 0.2) is 29.3 Å². The lowest BCUT2D eigenvalue weighted by atomic mass is 9.89. The van der Waals surface area contributed by atoms with Gasteiger partial charge in [-0.2, -0.15) is 0 Å². The van der Waals surface area contributed by atoms with Crippen LogP contribution in [0.4, 0.5) is 5.69 Å². The SMILES string of the molecule is CCOC(=O)c1ccc(NC(=O)CSc2nc(C3CC3)nc3sc4c(c23)CC[C@H](C)C4)cc1. The molecular weight excluding hydrogens is 454 g/mol. The van der Waals surface area contributed by atoms with Crippen molar-refractivity contribution in [2.45, 2.75) is 56.9 Å². The van der Waals surface area contributed by atoms with E-state index in [1.807, 2.05) is 11.3 Å². The maximum atomic E-state index is 12.7. The minimum atomic E-state index is -0.362. The van der Waals surface area contributed by atoms with E-state index in [4.69, 9.17) is 14.7 Å². The lowest BCUT2D eigenvalue weighted by Crippen LogP contribution is -2.14. The Labute approximate surface area is 201 Å². The van der Waals surface area contributed by atoms with Gasteiger partial charge in [0.05, 0.1) is 17.9 Å². The van der Waals surface area contributed by atoms with E-state index in [2.05, 4.69) is 12.2 Å². The van der Waals surface area contributed by atoms with E-state index in [1.165, 1.54) is 34.0 Å². The molecule has 1 atom stereocenters. The van der Waals surface area contributed by atoms with Gasteiger partial charge in [-0.1, -0.05) is 18.7 Å². The van der Waals surface area contributed by atoms with E-state index < -0.39 is 0 Å². The maximum Gasteiger partial charge on any atom is 0.338 e. The van der Waals surface area contributed by atoms with Crippen molar-refractivity contribution in [2.24, 2.45) is 5.92 Å². The number of thiophene rings is 1. The molecule has 6 nitrogen and oxygen atoms in total. The van der Waals surface area contributed by atoms with E-state index in [-0.39, 0.29) is 17.6 Å². The monoisotopic (exact) mass is 481 g/mol. The molecule has 0 bridgehead atoms. The highest BCUT2D eigenvalue weighted by Crippen LogP contribution is 2.44. The number of fused-ring (bicyclic) bond motifs is 3. The molecule has 0 unspecified atom stereocenters. The molecule has 2 aromatic heterocycles. The number of amides is 1. The fraction of sp³-hybridized carbons (Fsp3) is 0.440. The number of nitrogens with one attached hydrogen (secondary N) is 1. The number of thioether (sulfide) groups is 1. The Morgan fingerprint density at radius 1 is 1.18 bits per heavy atom. The van der Waals surface area contributed by atoms with Crippen LogP contribution >= 0.6 is 23.1 Å². The van der Waals surface area contributed by atoms with Crippen molar-refractivity contribution in [2.75, 3.05) is 17.7 Å². The van der Waals surface area contributed by atoms with Gasteiger partial charge in [-0.3, -0.25) is 4.79 Å². The molecule has 1 aromatic carbocycles. The highest BCUT2D eigenvalue weighted by molar-refractivity contribution is 8.00. The molecule has 5 rings (SSSR count). The van der Waals surface area contributed by atoms with Gasteiger partial charge in [0.1, 0.15) is 15.7 Å². The Hall–Kier alpha value is -2.45. The van der Waals surface area contributed by atoms with Gasteiger partial charge in [0.2, 0.25) is 5.91 Å². The molecule has 33 heavy (non-hydrogen) atoms. The van der Waals surface area contributed by atoms with Crippen molar-refractivity contribution in [3.63, 3.8) is 0 Å². The lowest BCUT2D eigenvalue weighted by molar-refractivity contribution is -0.113. The van der Waals surface area contributed by atoms with Crippen LogP contribution in [0, 0.1) is 5.92 Å². The zero-order chi connectivity index (χ0) is 22.9. The molecule has 2 aliphatic carbocycles. The van der Waals surface area contributed by atoms with E-state index in [1.54, 1.807) is 31.2 Å². The van der Waals surface area contributed by atoms with Crippen LogP contribution in [-0.2, 0) is 22.4 Å². The maximum absolute atomic E-state index is 12.7. The van der Waals surface area contributed by atoms with Gasteiger partial charge in [0.15, 0.2) is 0 Å². The second-order valence-electron chi connectivity index (χ2n) is 8.83. The fourth-order valence-electron chi connectivity index (χ4n) is 4.19. The molecule has 0 saturated heterocycles. The summed E-state index contributed by atoms with van der Waals surface area (Å²) in [6.45, 7) is 4.42. The van der Waals surface area contributed by atoms with Gasteiger partial charge in [-0.05, 0) is 74.8 Å². The first-order valence-corrected chi connectivity index (χ1v) is 13.3. The number of anilines is 1. The van der Waals surface area contributed by atoms with Crippen LogP contribution in [0.3, 0.4) is 0 Å². The van der Waals surface area contributed by atoms with Crippen molar-refractivity contribution >= 4 is 50.9 Å². The molecule has 3 aromatic rings. The second kappa shape index (κ2) is 9.43. The average molecular weight is 482 g/mol. The first-order valence-electron chi connectivity index (χ1n) is 11.5. The minimum absolute atomic E-state index is 0.0960. The summed E-state index contributed by atoms with van der Waals surface area (Å²) in [6, 6.07) is 6.77. The molecule has 0 radical (unpaired) electrons. The Bertz CT molecular complexity index is 1200. The van der Waals surface area contributed by atoms with Crippen LogP contribution < -0.4 is 5.32 Å². The number of carbonyl (C=O) groups is 2. The smallest absolute Gasteiger partial charge is 0.338 e. The molecule has 1 N–H and O–H groups in total. The van der Waals surface area contributed by atoms with Crippen molar-refractivity contribution in [3.8, 4) is 0 Å². The van der Waals surface area contributed by atoms with Crippen LogP contribution in [0.5, 0.6) is 0 Å². The number of carbonyl (C=O) groups excluding carboxylic acids is 2. The number of hydrogen-bond acceptors (Lipinski definition) is 7. The zero-order valence-corrected chi connectivity index (χ0v) is 20.5. The summed E-state index contributed by atoms with van der Waals surface area (Å²) in [5, 5.41) is 5.03. The summed E-state index contributed by atoms with van der Waals surface area (Å²) in [5.74, 6) is 1.93. The molecule has 2 heterocycles. The summed E-state index contributed by atoms with van der Waals surface area (Å²) >= 11 is 3.32. The van der Waals surface area contributed by atoms with Crippen LogP contribution in [0.1, 0.15) is 65.7 Å². The van der Waals surface area contributed by atoms with E-state index in [0.29, 0.717) is 29.7 Å². The molecular formula is C25H27N3O3S2. The highest BCUT2D eigenvalue weighted by atomic mass is 32.2. The van der Waals surface area contributed by atoms with Crippen molar-refractivity contribution in [3.05, 3.63) is 46.1 Å². The number of aryl methyl sites for hydroxylation is 1. The van der Waals surface area contributed by atoms with Crippen molar-refractivity contribution in [1.29, 1.82) is 0 Å². The van der Waals surface area contributed by atoms with Gasteiger partial charge in [-0.25, -0.2) is 14.8 Å². The Balaban J connectivity index is 1.31. The van der Waals surface area contributed by atoms with E-state index in [9.17, 15) is 9.59 Å². The molecule has 1 amide bonds. The minimum Gasteiger partial charge on any atom is -0.462 e. The summed E-state index contributed by atoms with van der Waals surface area (Å²) in [5.41, 5.74) is 2.52. The van der Waals surface area contributed by atoms with Gasteiger partial charge >= 0.3 is 5.97 Å². The van der Waals surface area contributed by atoms with Gasteiger partial charge < -0.3 is 10.1 Å². The van der Waals surface area contributed by atoms with Crippen LogP contribution in [0.2, 0.25) is 0 Å². The largest absolute Gasteiger partial charge is 0.462 e. The molecule has 8 heteroatoms. The third-order valence-corrected chi connectivity index (χ3v) is 8.23. The number of nitrogens with zero attached hydrogens (tertiary/aromatic N) is 2. The predicted octanol–water partition coefficient (Wildman–Crippen LogP) is 5.60. The predicted molar refractivity (Wildman–Crippen MR) is 132 cm³/mol. The standard InChI is InChI=1S/C25H27N3O3S2/c1-3-31-25(30)16-7-9-17(10-8-16)26-20(29)13-32-23-21-18-11-4-14(2)12-19(18)33-24(21)28-22(27-23)15-5-6-15/h7-10,14-15H,3-6,11-13H2,1-2H3,(H,26,29)/t14-/m0/s1. The fourth-order valence-corrected chi connectivity index (χ4v) is 6.50. The number of rotatable bonds is 7. The number of ether oxygens (including phenoxy) is 1. The Morgan fingerprint density at radius 3 is 2.70 bits per heavy atom. The second-order valence-corrected chi connectivity index (χ2v) is 10.9. The molecule has 0 spiro atoms. The summed E-state index contributed by atoms with van der Waals surface area (Å²) in [6.07, 6.45) is 5.67. The third-order valence-electron chi connectivity index (χ3n) is 6.10. The first-order chi connectivity index (χ1) is 16.0. The number of benzene rings is 1. The number of esters is 1. The van der Waals surface area contributed by atoms with Crippen molar-refractivity contribution in [1.82, 2.24) is 9.97 Å². The van der Waals surface area contributed by atoms with Gasteiger partial charge in [0, 0.05) is 21.9 Å². The lowest BCUT2D eigenvalue weighted by Gasteiger charge is -2.18. The topological polar surface area (TPSA) is 81.2 Å². The molecule has 2 aliphatic rings. The summed E-state index contributed by atoms with van der Waals surface area (Å²) < 4.78 is 5.00. The van der Waals surface area contributed by atoms with Gasteiger partial charge in [0.25, 0.3) is 0 Å².